The molecule has 0 radical (unpaired) electrons. The number of aromatic nitrogens is 3. The van der Waals surface area contributed by atoms with E-state index in [1.54, 1.807) is 13.1 Å². The first kappa shape index (κ1) is 16.0. The van der Waals surface area contributed by atoms with Crippen LogP contribution >= 0.6 is 0 Å². The number of carbonyl (C=O) groups excluding carboxylic acids is 1. The third-order valence-electron chi connectivity index (χ3n) is 4.66. The lowest BCUT2D eigenvalue weighted by Gasteiger charge is -2.31. The Morgan fingerprint density at radius 1 is 1.35 bits per heavy atom. The van der Waals surface area contributed by atoms with E-state index >= 15 is 0 Å². The fourth-order valence-corrected chi connectivity index (χ4v) is 3.25. The molecule has 0 aromatic carbocycles. The fraction of sp³-hybridized carbons (Fsp3) is 0.688. The minimum Gasteiger partial charge on any atom is -0.352 e. The standard InChI is InChI=1S/C16H25N5O2/c1-3-8-17-14(22)11-20-9-6-12(7-10-20)15-18-19(2)16(23)21(15)13-4-5-13/h3,12-13H,1,4-11H2,2H3,(H,17,22). The number of aryl methyl sites for hydroxylation is 1. The SMILES string of the molecule is C=CCNC(=O)CN1CCC(c2nn(C)c(=O)n2C2CC2)CC1. The van der Waals surface area contributed by atoms with Crippen molar-refractivity contribution in [2.45, 2.75) is 37.6 Å². The van der Waals surface area contributed by atoms with Gasteiger partial charge in [0.05, 0.1) is 6.54 Å². The third kappa shape index (κ3) is 3.55. The largest absolute Gasteiger partial charge is 0.352 e. The van der Waals surface area contributed by atoms with Crippen LogP contribution in [-0.2, 0) is 11.8 Å². The van der Waals surface area contributed by atoms with Crippen LogP contribution in [0, 0.1) is 0 Å². The highest BCUT2D eigenvalue weighted by atomic mass is 16.2. The van der Waals surface area contributed by atoms with Crippen molar-refractivity contribution >= 4 is 5.91 Å². The van der Waals surface area contributed by atoms with E-state index in [0.717, 1.165) is 44.6 Å². The van der Waals surface area contributed by atoms with Gasteiger partial charge in [0.2, 0.25) is 5.91 Å². The zero-order chi connectivity index (χ0) is 16.4. The summed E-state index contributed by atoms with van der Waals surface area (Å²) < 4.78 is 3.36. The van der Waals surface area contributed by atoms with E-state index in [4.69, 9.17) is 0 Å². The Hall–Kier alpha value is -1.89. The molecule has 7 heteroatoms. The van der Waals surface area contributed by atoms with Crippen molar-refractivity contribution in [1.29, 1.82) is 0 Å². The van der Waals surface area contributed by atoms with Gasteiger partial charge in [-0.3, -0.25) is 14.3 Å². The molecule has 1 saturated heterocycles. The zero-order valence-corrected chi connectivity index (χ0v) is 13.7. The second kappa shape index (κ2) is 6.70. The van der Waals surface area contributed by atoms with Gasteiger partial charge in [-0.2, -0.15) is 5.10 Å². The average Bonchev–Trinajstić information content (AvgIpc) is 3.33. The van der Waals surface area contributed by atoms with Crippen molar-refractivity contribution in [3.63, 3.8) is 0 Å². The second-order valence-corrected chi connectivity index (χ2v) is 6.51. The van der Waals surface area contributed by atoms with Crippen molar-refractivity contribution in [2.24, 2.45) is 7.05 Å². The van der Waals surface area contributed by atoms with E-state index in [-0.39, 0.29) is 11.6 Å². The highest BCUT2D eigenvalue weighted by Crippen LogP contribution is 2.37. The van der Waals surface area contributed by atoms with E-state index < -0.39 is 0 Å². The maximum atomic E-state index is 12.2. The van der Waals surface area contributed by atoms with Gasteiger partial charge >= 0.3 is 5.69 Å². The summed E-state index contributed by atoms with van der Waals surface area (Å²) >= 11 is 0. The molecule has 1 saturated carbocycles. The number of likely N-dealkylation sites (tertiary alicyclic amines) is 1. The summed E-state index contributed by atoms with van der Waals surface area (Å²) in [5, 5.41) is 7.29. The average molecular weight is 319 g/mol. The van der Waals surface area contributed by atoms with Crippen LogP contribution in [0.3, 0.4) is 0 Å². The molecular weight excluding hydrogens is 294 g/mol. The number of nitrogens with one attached hydrogen (secondary N) is 1. The van der Waals surface area contributed by atoms with Crippen LogP contribution in [0.4, 0.5) is 0 Å². The minimum atomic E-state index is 0.00809. The molecule has 23 heavy (non-hydrogen) atoms. The molecule has 1 N–H and O–H groups in total. The van der Waals surface area contributed by atoms with Crippen molar-refractivity contribution < 1.29 is 4.79 Å². The van der Waals surface area contributed by atoms with Crippen LogP contribution in [0.25, 0.3) is 0 Å². The number of hydrogen-bond acceptors (Lipinski definition) is 4. The molecular formula is C16H25N5O2. The highest BCUT2D eigenvalue weighted by molar-refractivity contribution is 5.78. The normalized spacial score (nSPS) is 19.7. The number of nitrogens with zero attached hydrogens (tertiary/aromatic N) is 4. The molecule has 1 aliphatic carbocycles. The molecule has 0 spiro atoms. The van der Waals surface area contributed by atoms with E-state index in [2.05, 4.69) is 21.9 Å². The molecule has 0 unspecified atom stereocenters. The number of piperidine rings is 1. The van der Waals surface area contributed by atoms with Gasteiger partial charge in [0.1, 0.15) is 5.82 Å². The molecule has 1 amide bonds. The molecule has 1 aromatic heterocycles. The predicted octanol–water partition coefficient (Wildman–Crippen LogP) is 0.398. The molecule has 7 nitrogen and oxygen atoms in total. The third-order valence-corrected chi connectivity index (χ3v) is 4.66. The van der Waals surface area contributed by atoms with Gasteiger partial charge < -0.3 is 5.32 Å². The molecule has 0 atom stereocenters. The van der Waals surface area contributed by atoms with Crippen LogP contribution in [0.1, 0.15) is 43.5 Å². The van der Waals surface area contributed by atoms with E-state index in [0.29, 0.717) is 25.0 Å². The van der Waals surface area contributed by atoms with Crippen molar-refractivity contribution in [3.05, 3.63) is 29.0 Å². The Morgan fingerprint density at radius 3 is 2.65 bits per heavy atom. The number of carbonyl (C=O) groups is 1. The summed E-state index contributed by atoms with van der Waals surface area (Å²) in [5.74, 6) is 1.30. The molecule has 2 fully saturated rings. The lowest BCUT2D eigenvalue weighted by atomic mass is 9.96. The minimum absolute atomic E-state index is 0.00809. The summed E-state index contributed by atoms with van der Waals surface area (Å²) in [6.45, 7) is 6.26. The topological polar surface area (TPSA) is 72.2 Å². The van der Waals surface area contributed by atoms with Crippen molar-refractivity contribution in [3.8, 4) is 0 Å². The fourth-order valence-electron chi connectivity index (χ4n) is 3.25. The summed E-state index contributed by atoms with van der Waals surface area (Å²) in [4.78, 5) is 26.1. The van der Waals surface area contributed by atoms with Gasteiger partial charge in [0.25, 0.3) is 0 Å². The Labute approximate surface area is 136 Å². The van der Waals surface area contributed by atoms with Crippen LogP contribution in [0.2, 0.25) is 0 Å². The lowest BCUT2D eigenvalue weighted by Crippen LogP contribution is -2.41. The van der Waals surface area contributed by atoms with Gasteiger partial charge in [-0.1, -0.05) is 6.08 Å². The monoisotopic (exact) mass is 319 g/mol. The maximum absolute atomic E-state index is 12.2. The van der Waals surface area contributed by atoms with Crippen LogP contribution < -0.4 is 11.0 Å². The predicted molar refractivity (Wildman–Crippen MR) is 87.4 cm³/mol. The van der Waals surface area contributed by atoms with Gasteiger partial charge in [-0.15, -0.1) is 6.58 Å². The molecule has 1 aliphatic heterocycles. The van der Waals surface area contributed by atoms with Gasteiger partial charge in [-0.25, -0.2) is 9.48 Å². The first-order chi connectivity index (χ1) is 11.1. The van der Waals surface area contributed by atoms with E-state index in [9.17, 15) is 9.59 Å². The Kier molecular flexibility index (Phi) is 4.66. The van der Waals surface area contributed by atoms with Crippen molar-refractivity contribution in [1.82, 2.24) is 24.6 Å². The first-order valence-electron chi connectivity index (χ1n) is 8.35. The molecule has 3 rings (SSSR count). The number of amides is 1. The molecule has 126 valence electrons. The Bertz CT molecular complexity index is 635. The maximum Gasteiger partial charge on any atom is 0.345 e. The van der Waals surface area contributed by atoms with Gasteiger partial charge in [-0.05, 0) is 38.8 Å². The van der Waals surface area contributed by atoms with E-state index in [1.807, 2.05) is 4.57 Å². The van der Waals surface area contributed by atoms with Crippen LogP contribution in [0.5, 0.6) is 0 Å². The summed E-state index contributed by atoms with van der Waals surface area (Å²) in [6.07, 6.45) is 5.74. The summed E-state index contributed by atoms with van der Waals surface area (Å²) in [6, 6.07) is 0.355. The molecule has 2 aliphatic rings. The first-order valence-corrected chi connectivity index (χ1v) is 8.35. The number of hydrogen-bond donors (Lipinski definition) is 1. The summed E-state index contributed by atoms with van der Waals surface area (Å²) in [5.41, 5.74) is 0.00809. The zero-order valence-electron chi connectivity index (χ0n) is 13.7. The van der Waals surface area contributed by atoms with Crippen LogP contribution in [0.15, 0.2) is 17.4 Å². The highest BCUT2D eigenvalue weighted by Gasteiger charge is 2.33. The smallest absolute Gasteiger partial charge is 0.345 e. The molecule has 2 heterocycles. The van der Waals surface area contributed by atoms with Crippen LogP contribution in [-0.4, -0.2) is 51.3 Å². The van der Waals surface area contributed by atoms with Crippen molar-refractivity contribution in [2.75, 3.05) is 26.2 Å². The lowest BCUT2D eigenvalue weighted by molar-refractivity contribution is -0.122. The molecule has 0 bridgehead atoms. The number of rotatable bonds is 6. The van der Waals surface area contributed by atoms with Gasteiger partial charge in [0.15, 0.2) is 0 Å². The Morgan fingerprint density at radius 2 is 2.04 bits per heavy atom. The molecule has 1 aromatic rings. The second-order valence-electron chi connectivity index (χ2n) is 6.51. The van der Waals surface area contributed by atoms with E-state index in [1.165, 1.54) is 4.68 Å². The summed E-state index contributed by atoms with van der Waals surface area (Å²) in [7, 11) is 1.73. The quantitative estimate of drug-likeness (QED) is 0.770. The van der Waals surface area contributed by atoms with Gasteiger partial charge in [0, 0.05) is 25.6 Å². The Balaban J connectivity index is 1.59.